The molecule has 0 spiro atoms. The molecule has 0 radical (unpaired) electrons. The predicted octanol–water partition coefficient (Wildman–Crippen LogP) is 2.74. The van der Waals surface area contributed by atoms with Gasteiger partial charge in [0.2, 0.25) is 0 Å². The number of imidazole rings is 1. The van der Waals surface area contributed by atoms with Crippen LogP contribution in [0.4, 0.5) is 5.82 Å². The fraction of sp³-hybridized carbons (Fsp3) is 0. The second kappa shape index (κ2) is 4.81. The Hall–Kier alpha value is -2.21. The number of pyridine rings is 2. The van der Waals surface area contributed by atoms with Crippen LogP contribution in [0.5, 0.6) is 0 Å². The van der Waals surface area contributed by atoms with Gasteiger partial charge in [-0.05, 0) is 34.1 Å². The molecule has 3 aromatic heterocycles. The number of fused-ring (bicyclic) bond motifs is 1. The van der Waals surface area contributed by atoms with Gasteiger partial charge < -0.3 is 9.72 Å². The zero-order valence-electron chi connectivity index (χ0n) is 9.75. The molecule has 0 aromatic carbocycles. The highest BCUT2D eigenvalue weighted by Crippen LogP contribution is 2.13. The highest BCUT2D eigenvalue weighted by Gasteiger charge is 2.09. The summed E-state index contributed by atoms with van der Waals surface area (Å²) in [7, 11) is 0. The van der Waals surface area contributed by atoms with Crippen LogP contribution in [0.15, 0.2) is 53.5 Å². The van der Waals surface area contributed by atoms with E-state index in [1.54, 1.807) is 18.5 Å². The third-order valence-electron chi connectivity index (χ3n) is 2.57. The Bertz CT molecular complexity index is 720. The summed E-state index contributed by atoms with van der Waals surface area (Å²) in [4.78, 5) is 20.3. The number of hydrogen-bond donors (Lipinski definition) is 1. The van der Waals surface area contributed by atoms with E-state index in [4.69, 9.17) is 0 Å². The largest absolute Gasteiger partial charge is 0.305 e. The maximum Gasteiger partial charge on any atom is 0.258 e. The number of anilines is 1. The molecule has 1 amide bonds. The Labute approximate surface area is 117 Å². The van der Waals surface area contributed by atoms with Gasteiger partial charge in [-0.1, -0.05) is 6.07 Å². The molecule has 0 fully saturated rings. The number of hydrogen-bond acceptors (Lipinski definition) is 3. The molecule has 0 bridgehead atoms. The van der Waals surface area contributed by atoms with Crippen LogP contribution < -0.4 is 5.32 Å². The summed E-state index contributed by atoms with van der Waals surface area (Å²) in [6.45, 7) is 0. The second-order valence-electron chi connectivity index (χ2n) is 3.94. The number of nitrogens with zero attached hydrogens (tertiary/aromatic N) is 3. The van der Waals surface area contributed by atoms with Crippen LogP contribution >= 0.6 is 15.9 Å². The zero-order chi connectivity index (χ0) is 13.2. The van der Waals surface area contributed by atoms with Crippen molar-refractivity contribution in [2.75, 3.05) is 5.32 Å². The van der Waals surface area contributed by atoms with Crippen molar-refractivity contribution in [3.8, 4) is 0 Å². The Balaban J connectivity index is 1.86. The molecule has 0 atom stereocenters. The first kappa shape index (κ1) is 11.9. The number of amides is 1. The minimum atomic E-state index is -0.239. The lowest BCUT2D eigenvalue weighted by Crippen LogP contribution is -2.12. The van der Waals surface area contributed by atoms with Crippen molar-refractivity contribution >= 4 is 33.3 Å². The number of carbonyl (C=O) groups is 1. The van der Waals surface area contributed by atoms with Crippen LogP contribution in [-0.2, 0) is 0 Å². The lowest BCUT2D eigenvalue weighted by atomic mass is 10.3. The molecule has 19 heavy (non-hydrogen) atoms. The van der Waals surface area contributed by atoms with Crippen molar-refractivity contribution in [1.82, 2.24) is 14.4 Å². The van der Waals surface area contributed by atoms with Crippen molar-refractivity contribution in [2.45, 2.75) is 0 Å². The van der Waals surface area contributed by atoms with Gasteiger partial charge in [-0.15, -0.1) is 0 Å². The highest BCUT2D eigenvalue weighted by atomic mass is 79.9. The van der Waals surface area contributed by atoms with E-state index in [-0.39, 0.29) is 5.91 Å². The molecule has 3 rings (SSSR count). The Kier molecular flexibility index (Phi) is 3.00. The Morgan fingerprint density at radius 1 is 1.32 bits per heavy atom. The third-order valence-corrected chi connectivity index (χ3v) is 3.01. The van der Waals surface area contributed by atoms with Crippen LogP contribution in [0.1, 0.15) is 10.4 Å². The molecular weight excluding hydrogens is 308 g/mol. The van der Waals surface area contributed by atoms with E-state index >= 15 is 0 Å². The van der Waals surface area contributed by atoms with Crippen LogP contribution in [-0.4, -0.2) is 20.3 Å². The lowest BCUT2D eigenvalue weighted by molar-refractivity contribution is 0.102. The summed E-state index contributed by atoms with van der Waals surface area (Å²) in [6, 6.07) is 7.37. The molecule has 0 unspecified atom stereocenters. The highest BCUT2D eigenvalue weighted by molar-refractivity contribution is 9.10. The maximum absolute atomic E-state index is 12.0. The summed E-state index contributed by atoms with van der Waals surface area (Å²) in [5, 5.41) is 2.74. The predicted molar refractivity (Wildman–Crippen MR) is 75.1 cm³/mol. The number of aromatic nitrogens is 3. The summed E-state index contributed by atoms with van der Waals surface area (Å²) in [6.07, 6.45) is 6.77. The molecule has 1 N–H and O–H groups in total. The zero-order valence-corrected chi connectivity index (χ0v) is 11.3. The Morgan fingerprint density at radius 3 is 3.00 bits per heavy atom. The maximum atomic E-state index is 12.0. The molecule has 6 heteroatoms. The van der Waals surface area contributed by atoms with Gasteiger partial charge in [-0.3, -0.25) is 9.78 Å². The molecule has 94 valence electrons. The van der Waals surface area contributed by atoms with Crippen LogP contribution in [0.3, 0.4) is 0 Å². The first-order chi connectivity index (χ1) is 9.22. The van der Waals surface area contributed by atoms with E-state index in [0.29, 0.717) is 11.4 Å². The standard InChI is InChI=1S/C13H9BrN4O/c14-10-5-9(6-15-7-10)13(19)17-11-8-18-4-2-1-3-12(18)16-11/h1-8H,(H,17,19). The fourth-order valence-electron chi connectivity index (χ4n) is 1.72. The molecule has 0 aliphatic rings. The summed E-state index contributed by atoms with van der Waals surface area (Å²) >= 11 is 3.28. The van der Waals surface area contributed by atoms with Crippen molar-refractivity contribution < 1.29 is 4.79 Å². The van der Waals surface area contributed by atoms with Gasteiger partial charge in [-0.2, -0.15) is 0 Å². The van der Waals surface area contributed by atoms with Crippen LogP contribution in [0, 0.1) is 0 Å². The van der Waals surface area contributed by atoms with Crippen molar-refractivity contribution in [2.24, 2.45) is 0 Å². The fourth-order valence-corrected chi connectivity index (χ4v) is 2.08. The number of rotatable bonds is 2. The molecule has 5 nitrogen and oxygen atoms in total. The van der Waals surface area contributed by atoms with Crippen molar-refractivity contribution in [3.05, 3.63) is 59.1 Å². The second-order valence-corrected chi connectivity index (χ2v) is 4.85. The smallest absolute Gasteiger partial charge is 0.258 e. The SMILES string of the molecule is O=C(Nc1cn2ccccc2n1)c1cncc(Br)c1. The minimum absolute atomic E-state index is 0.239. The average molecular weight is 317 g/mol. The minimum Gasteiger partial charge on any atom is -0.305 e. The van der Waals surface area contributed by atoms with Gasteiger partial charge in [0, 0.05) is 23.1 Å². The van der Waals surface area contributed by atoms with Gasteiger partial charge in [0.25, 0.3) is 5.91 Å². The monoisotopic (exact) mass is 316 g/mol. The molecular formula is C13H9BrN4O. The lowest BCUT2D eigenvalue weighted by Gasteiger charge is -2.01. The van der Waals surface area contributed by atoms with Gasteiger partial charge in [0.15, 0.2) is 5.82 Å². The Morgan fingerprint density at radius 2 is 2.21 bits per heavy atom. The number of carbonyl (C=O) groups excluding carboxylic acids is 1. The van der Waals surface area contributed by atoms with Gasteiger partial charge >= 0.3 is 0 Å². The molecule has 0 aliphatic carbocycles. The first-order valence-corrected chi connectivity index (χ1v) is 6.37. The number of halogens is 1. The first-order valence-electron chi connectivity index (χ1n) is 5.58. The van der Waals surface area contributed by atoms with Crippen LogP contribution in [0.2, 0.25) is 0 Å². The normalized spacial score (nSPS) is 10.6. The molecule has 3 aromatic rings. The van der Waals surface area contributed by atoms with Gasteiger partial charge in [0.1, 0.15) is 5.65 Å². The molecule has 0 saturated carbocycles. The van der Waals surface area contributed by atoms with Gasteiger partial charge in [-0.25, -0.2) is 4.98 Å². The van der Waals surface area contributed by atoms with E-state index in [9.17, 15) is 4.79 Å². The quantitative estimate of drug-likeness (QED) is 0.790. The summed E-state index contributed by atoms with van der Waals surface area (Å²) in [5.74, 6) is 0.272. The molecule has 3 heterocycles. The average Bonchev–Trinajstić information content (AvgIpc) is 2.80. The topological polar surface area (TPSA) is 59.3 Å². The van der Waals surface area contributed by atoms with E-state index < -0.39 is 0 Å². The molecule has 0 saturated heterocycles. The van der Waals surface area contributed by atoms with Crippen LogP contribution in [0.25, 0.3) is 5.65 Å². The van der Waals surface area contributed by atoms with E-state index in [2.05, 4.69) is 31.2 Å². The van der Waals surface area contributed by atoms with E-state index in [1.165, 1.54) is 6.20 Å². The van der Waals surface area contributed by atoms with Crippen molar-refractivity contribution in [1.29, 1.82) is 0 Å². The van der Waals surface area contributed by atoms with Crippen molar-refractivity contribution in [3.63, 3.8) is 0 Å². The van der Waals surface area contributed by atoms with Gasteiger partial charge in [0.05, 0.1) is 11.8 Å². The summed E-state index contributed by atoms with van der Waals surface area (Å²) < 4.78 is 2.60. The molecule has 0 aliphatic heterocycles. The third kappa shape index (κ3) is 2.48. The van der Waals surface area contributed by atoms with E-state index in [0.717, 1.165) is 10.1 Å². The summed E-state index contributed by atoms with van der Waals surface area (Å²) in [5.41, 5.74) is 1.26. The van der Waals surface area contributed by atoms with E-state index in [1.807, 2.05) is 28.8 Å². The number of nitrogens with one attached hydrogen (secondary N) is 1.